The minimum absolute atomic E-state index is 0. The molecule has 0 spiro atoms. The lowest BCUT2D eigenvalue weighted by molar-refractivity contribution is -0.126. The molecule has 0 saturated carbocycles. The topological polar surface area (TPSA) is 59.0 Å². The molecule has 136 valence electrons. The van der Waals surface area contributed by atoms with Crippen LogP contribution in [0, 0.1) is 11.7 Å². The molecule has 1 aromatic heterocycles. The summed E-state index contributed by atoms with van der Waals surface area (Å²) in [4.78, 5) is 17.1. The van der Waals surface area contributed by atoms with Gasteiger partial charge in [-0.15, -0.1) is 12.4 Å². The number of carbonyl (C=O) groups is 1. The van der Waals surface area contributed by atoms with Gasteiger partial charge in [0.2, 0.25) is 5.91 Å². The summed E-state index contributed by atoms with van der Waals surface area (Å²) in [5, 5.41) is 6.43. The molecule has 2 heterocycles. The van der Waals surface area contributed by atoms with Crippen molar-refractivity contribution in [3.8, 4) is 0 Å². The van der Waals surface area contributed by atoms with Crippen molar-refractivity contribution in [2.75, 3.05) is 6.54 Å². The normalized spacial score (nSPS) is 21.2. The molecule has 2 aromatic rings. The van der Waals surface area contributed by atoms with Gasteiger partial charge >= 0.3 is 0 Å². The van der Waals surface area contributed by atoms with Crippen molar-refractivity contribution >= 4 is 18.3 Å². The summed E-state index contributed by atoms with van der Waals surface area (Å²) in [6.07, 6.45) is 5.12. The Bertz CT molecular complexity index is 721. The minimum Gasteiger partial charge on any atom is -0.342 e. The Labute approximate surface area is 153 Å². The van der Waals surface area contributed by atoms with Crippen LogP contribution < -0.4 is 10.6 Å². The first-order valence-electron chi connectivity index (χ1n) is 8.31. The second-order valence-electron chi connectivity index (χ2n) is 6.47. The highest BCUT2D eigenvalue weighted by Crippen LogP contribution is 2.24. The van der Waals surface area contributed by atoms with Crippen LogP contribution in [0.5, 0.6) is 0 Å². The molecule has 0 aliphatic carbocycles. The Morgan fingerprint density at radius 1 is 1.48 bits per heavy atom. The van der Waals surface area contributed by atoms with Gasteiger partial charge in [0.05, 0.1) is 0 Å². The van der Waals surface area contributed by atoms with Gasteiger partial charge in [-0.3, -0.25) is 4.79 Å². The van der Waals surface area contributed by atoms with E-state index in [-0.39, 0.29) is 30.0 Å². The predicted octanol–water partition coefficient (Wildman–Crippen LogP) is 2.57. The second-order valence-corrected chi connectivity index (χ2v) is 6.47. The fourth-order valence-electron chi connectivity index (χ4n) is 3.27. The molecule has 1 aliphatic rings. The molecule has 1 unspecified atom stereocenters. The average Bonchev–Trinajstić information content (AvgIpc) is 2.98. The SMILES string of the molecule is C[C@H]1C[C@@H](C(=O)NC(c2cccc(F)c2)c2nccn2C)CCN1.Cl. The number of aryl methyl sites for hydroxylation is 1. The number of nitrogens with zero attached hydrogens (tertiary/aromatic N) is 2. The molecule has 0 bridgehead atoms. The number of amides is 1. The fourth-order valence-corrected chi connectivity index (χ4v) is 3.27. The van der Waals surface area contributed by atoms with Crippen molar-refractivity contribution in [2.24, 2.45) is 13.0 Å². The average molecular weight is 367 g/mol. The van der Waals surface area contributed by atoms with E-state index < -0.39 is 6.04 Å². The molecule has 1 fully saturated rings. The van der Waals surface area contributed by atoms with Crippen LogP contribution in [0.3, 0.4) is 0 Å². The van der Waals surface area contributed by atoms with Gasteiger partial charge in [-0.05, 0) is 44.0 Å². The maximum atomic E-state index is 13.7. The van der Waals surface area contributed by atoms with Gasteiger partial charge in [0.25, 0.3) is 0 Å². The Morgan fingerprint density at radius 2 is 2.28 bits per heavy atom. The van der Waals surface area contributed by atoms with Gasteiger partial charge in [0.1, 0.15) is 17.7 Å². The summed E-state index contributed by atoms with van der Waals surface area (Å²) in [6.45, 7) is 2.93. The Kier molecular flexibility index (Phi) is 6.56. The number of imidazole rings is 1. The van der Waals surface area contributed by atoms with Crippen LogP contribution in [0.4, 0.5) is 4.39 Å². The summed E-state index contributed by atoms with van der Waals surface area (Å²) in [5.41, 5.74) is 0.694. The van der Waals surface area contributed by atoms with Gasteiger partial charge in [0, 0.05) is 31.4 Å². The molecule has 1 aliphatic heterocycles. The molecule has 0 radical (unpaired) electrons. The third-order valence-electron chi connectivity index (χ3n) is 4.58. The van der Waals surface area contributed by atoms with Crippen LogP contribution in [0.2, 0.25) is 0 Å². The number of halogens is 2. The summed E-state index contributed by atoms with van der Waals surface area (Å²) in [7, 11) is 1.87. The van der Waals surface area contributed by atoms with Crippen LogP contribution in [0.1, 0.15) is 37.2 Å². The van der Waals surface area contributed by atoms with E-state index in [1.165, 1.54) is 12.1 Å². The lowest BCUT2D eigenvalue weighted by atomic mass is 9.92. The van der Waals surface area contributed by atoms with Gasteiger partial charge in [-0.1, -0.05) is 12.1 Å². The standard InChI is InChI=1S/C18H23FN4O.ClH/c1-12-10-14(6-7-20-12)18(24)22-16(17-21-8-9-23(17)2)13-4-3-5-15(19)11-13;/h3-5,8-9,11-12,14,16,20H,6-7,10H2,1-2H3,(H,22,24);1H/t12-,14-,16?;/m0./s1. The maximum Gasteiger partial charge on any atom is 0.224 e. The molecule has 1 saturated heterocycles. The highest BCUT2D eigenvalue weighted by molar-refractivity contribution is 5.85. The number of rotatable bonds is 4. The van der Waals surface area contributed by atoms with E-state index >= 15 is 0 Å². The van der Waals surface area contributed by atoms with Crippen molar-refractivity contribution in [3.05, 3.63) is 53.9 Å². The quantitative estimate of drug-likeness (QED) is 0.874. The van der Waals surface area contributed by atoms with Gasteiger partial charge < -0.3 is 15.2 Å². The molecule has 25 heavy (non-hydrogen) atoms. The lowest BCUT2D eigenvalue weighted by Crippen LogP contribution is -2.43. The molecule has 3 atom stereocenters. The van der Waals surface area contributed by atoms with Gasteiger partial charge in [-0.2, -0.15) is 0 Å². The summed E-state index contributed by atoms with van der Waals surface area (Å²) in [6, 6.07) is 6.18. The maximum absolute atomic E-state index is 13.7. The zero-order chi connectivity index (χ0) is 17.1. The first-order valence-corrected chi connectivity index (χ1v) is 8.31. The fraction of sp³-hybridized carbons (Fsp3) is 0.444. The van der Waals surface area contributed by atoms with E-state index in [1.807, 2.05) is 23.9 Å². The van der Waals surface area contributed by atoms with Crippen molar-refractivity contribution in [3.63, 3.8) is 0 Å². The Morgan fingerprint density at radius 3 is 2.92 bits per heavy atom. The zero-order valence-corrected chi connectivity index (χ0v) is 15.2. The largest absolute Gasteiger partial charge is 0.342 e. The van der Waals surface area contributed by atoms with E-state index in [2.05, 4.69) is 22.5 Å². The molecule has 3 rings (SSSR count). The Balaban J connectivity index is 0.00000225. The number of hydrogen-bond acceptors (Lipinski definition) is 3. The number of nitrogens with one attached hydrogen (secondary N) is 2. The number of carbonyl (C=O) groups excluding carboxylic acids is 1. The summed E-state index contributed by atoms with van der Waals surface area (Å²) in [5.74, 6) is 0.338. The highest BCUT2D eigenvalue weighted by atomic mass is 35.5. The van der Waals surface area contributed by atoms with Crippen LogP contribution in [-0.4, -0.2) is 28.0 Å². The Hall–Kier alpha value is -1.92. The van der Waals surface area contributed by atoms with Crippen molar-refractivity contribution in [1.82, 2.24) is 20.2 Å². The van der Waals surface area contributed by atoms with Crippen molar-refractivity contribution < 1.29 is 9.18 Å². The first-order chi connectivity index (χ1) is 11.5. The third-order valence-corrected chi connectivity index (χ3v) is 4.58. The monoisotopic (exact) mass is 366 g/mol. The van der Waals surface area contributed by atoms with E-state index in [0.717, 1.165) is 19.4 Å². The van der Waals surface area contributed by atoms with E-state index in [9.17, 15) is 9.18 Å². The molecule has 1 amide bonds. The van der Waals surface area contributed by atoms with Gasteiger partial charge in [0.15, 0.2) is 0 Å². The molecule has 2 N–H and O–H groups in total. The number of aromatic nitrogens is 2. The smallest absolute Gasteiger partial charge is 0.224 e. The van der Waals surface area contributed by atoms with Crippen molar-refractivity contribution in [2.45, 2.75) is 31.8 Å². The number of hydrogen-bond donors (Lipinski definition) is 2. The highest BCUT2D eigenvalue weighted by Gasteiger charge is 2.28. The third kappa shape index (κ3) is 4.58. The second kappa shape index (κ2) is 8.45. The van der Waals surface area contributed by atoms with E-state index in [0.29, 0.717) is 17.4 Å². The number of benzene rings is 1. The molecular weight excluding hydrogens is 343 g/mol. The van der Waals surface area contributed by atoms with Crippen LogP contribution in [-0.2, 0) is 11.8 Å². The van der Waals surface area contributed by atoms with Crippen LogP contribution in [0.25, 0.3) is 0 Å². The molecule has 7 heteroatoms. The van der Waals surface area contributed by atoms with E-state index in [1.54, 1.807) is 12.3 Å². The van der Waals surface area contributed by atoms with Crippen LogP contribution >= 0.6 is 12.4 Å². The summed E-state index contributed by atoms with van der Waals surface area (Å²) < 4.78 is 15.5. The lowest BCUT2D eigenvalue weighted by Gasteiger charge is -2.29. The molecule has 5 nitrogen and oxygen atoms in total. The minimum atomic E-state index is -0.460. The molecule has 1 aromatic carbocycles. The summed E-state index contributed by atoms with van der Waals surface area (Å²) >= 11 is 0. The van der Waals surface area contributed by atoms with Gasteiger partial charge in [-0.25, -0.2) is 9.37 Å². The zero-order valence-electron chi connectivity index (χ0n) is 14.4. The predicted molar refractivity (Wildman–Crippen MR) is 97.0 cm³/mol. The van der Waals surface area contributed by atoms with Crippen LogP contribution in [0.15, 0.2) is 36.7 Å². The number of piperidine rings is 1. The molecular formula is C18H24ClFN4O. The first kappa shape index (κ1) is 19.4. The van der Waals surface area contributed by atoms with Crippen molar-refractivity contribution in [1.29, 1.82) is 0 Å². The van der Waals surface area contributed by atoms with E-state index in [4.69, 9.17) is 0 Å².